The summed E-state index contributed by atoms with van der Waals surface area (Å²) in [4.78, 5) is 0. The largest absolute Gasteiger partial charge is 0.456 e. The quantitative estimate of drug-likeness (QED) is 0.913. The van der Waals surface area contributed by atoms with Crippen LogP contribution in [0.15, 0.2) is 42.5 Å². The molecule has 0 aliphatic carbocycles. The van der Waals surface area contributed by atoms with Crippen molar-refractivity contribution in [2.24, 2.45) is 0 Å². The van der Waals surface area contributed by atoms with Crippen LogP contribution in [0.5, 0.6) is 11.5 Å². The zero-order chi connectivity index (χ0) is 16.3. The molecule has 0 aliphatic rings. The summed E-state index contributed by atoms with van der Waals surface area (Å²) in [5.74, 6) is -0.00116. The molecule has 0 spiro atoms. The van der Waals surface area contributed by atoms with Crippen molar-refractivity contribution in [1.29, 1.82) is 5.26 Å². The average molecular weight is 307 g/mol. The molecule has 22 heavy (non-hydrogen) atoms. The lowest BCUT2D eigenvalue weighted by Crippen LogP contribution is -2.05. The van der Waals surface area contributed by atoms with Crippen molar-refractivity contribution in [3.8, 4) is 17.6 Å². The summed E-state index contributed by atoms with van der Waals surface area (Å²) in [7, 11) is 0. The van der Waals surface area contributed by atoms with Gasteiger partial charge < -0.3 is 9.84 Å². The van der Waals surface area contributed by atoms with E-state index < -0.39 is 17.8 Å². The second-order valence-corrected chi connectivity index (χ2v) is 4.64. The molecule has 0 bridgehead atoms. The van der Waals surface area contributed by atoms with Gasteiger partial charge in [-0.3, -0.25) is 0 Å². The molecular formula is C16H12F3NO2. The lowest BCUT2D eigenvalue weighted by Gasteiger charge is -2.15. The van der Waals surface area contributed by atoms with Gasteiger partial charge in [-0.05, 0) is 31.2 Å². The van der Waals surface area contributed by atoms with Crippen molar-refractivity contribution in [3.05, 3.63) is 59.2 Å². The molecule has 0 heterocycles. The van der Waals surface area contributed by atoms with Gasteiger partial charge in [0.2, 0.25) is 0 Å². The number of aliphatic hydroxyl groups is 1. The first-order valence-electron chi connectivity index (χ1n) is 6.39. The van der Waals surface area contributed by atoms with Gasteiger partial charge in [0.25, 0.3) is 0 Å². The Kier molecular flexibility index (Phi) is 4.38. The van der Waals surface area contributed by atoms with Gasteiger partial charge in [-0.15, -0.1) is 0 Å². The summed E-state index contributed by atoms with van der Waals surface area (Å²) in [6.07, 6.45) is -5.41. The zero-order valence-electron chi connectivity index (χ0n) is 11.6. The van der Waals surface area contributed by atoms with Crippen LogP contribution in [0.4, 0.5) is 13.2 Å². The van der Waals surface area contributed by atoms with Gasteiger partial charge in [0.15, 0.2) is 5.75 Å². The Balaban J connectivity index is 2.46. The van der Waals surface area contributed by atoms with E-state index in [1.54, 1.807) is 12.1 Å². The molecule has 1 unspecified atom stereocenters. The first-order chi connectivity index (χ1) is 10.3. The molecule has 2 rings (SSSR count). The van der Waals surface area contributed by atoms with Gasteiger partial charge in [-0.1, -0.05) is 18.2 Å². The third-order valence-corrected chi connectivity index (χ3v) is 3.00. The maximum atomic E-state index is 12.7. The van der Waals surface area contributed by atoms with E-state index >= 15 is 0 Å². The summed E-state index contributed by atoms with van der Waals surface area (Å²) in [5, 5.41) is 18.8. The lowest BCUT2D eigenvalue weighted by molar-refractivity contribution is -0.137. The van der Waals surface area contributed by atoms with E-state index in [1.807, 2.05) is 6.07 Å². The number of rotatable bonds is 3. The van der Waals surface area contributed by atoms with Gasteiger partial charge in [0.1, 0.15) is 11.8 Å². The Hall–Kier alpha value is -2.52. The molecule has 114 valence electrons. The minimum Gasteiger partial charge on any atom is -0.456 e. The summed E-state index contributed by atoms with van der Waals surface area (Å²) >= 11 is 0. The topological polar surface area (TPSA) is 53.2 Å². The first-order valence-corrected chi connectivity index (χ1v) is 6.39. The second-order valence-electron chi connectivity index (χ2n) is 4.64. The molecule has 2 aromatic rings. The molecule has 6 heteroatoms. The maximum absolute atomic E-state index is 12.7. The normalized spacial score (nSPS) is 12.5. The van der Waals surface area contributed by atoms with Gasteiger partial charge in [0.05, 0.1) is 17.2 Å². The van der Waals surface area contributed by atoms with Crippen LogP contribution in [0, 0.1) is 11.3 Å². The smallest absolute Gasteiger partial charge is 0.416 e. The highest BCUT2D eigenvalue weighted by molar-refractivity contribution is 5.51. The van der Waals surface area contributed by atoms with E-state index in [-0.39, 0.29) is 17.1 Å². The Morgan fingerprint density at radius 1 is 1.18 bits per heavy atom. The molecule has 0 aromatic heterocycles. The molecule has 0 saturated carbocycles. The third kappa shape index (κ3) is 3.38. The highest BCUT2D eigenvalue weighted by atomic mass is 19.4. The predicted molar refractivity (Wildman–Crippen MR) is 73.3 cm³/mol. The highest BCUT2D eigenvalue weighted by Gasteiger charge is 2.30. The summed E-state index contributed by atoms with van der Waals surface area (Å²) in [5.41, 5.74) is -0.384. The van der Waals surface area contributed by atoms with E-state index in [0.717, 1.165) is 12.1 Å². The van der Waals surface area contributed by atoms with Gasteiger partial charge in [-0.25, -0.2) is 0 Å². The number of hydrogen-bond donors (Lipinski definition) is 1. The fourth-order valence-electron chi connectivity index (χ4n) is 1.94. The van der Waals surface area contributed by atoms with Crippen LogP contribution in [0.1, 0.15) is 29.7 Å². The Morgan fingerprint density at radius 2 is 1.86 bits per heavy atom. The number of halogens is 3. The molecule has 1 atom stereocenters. The van der Waals surface area contributed by atoms with Crippen LogP contribution >= 0.6 is 0 Å². The maximum Gasteiger partial charge on any atom is 0.416 e. The van der Waals surface area contributed by atoms with Crippen LogP contribution in [-0.2, 0) is 6.18 Å². The van der Waals surface area contributed by atoms with Crippen LogP contribution in [0.25, 0.3) is 0 Å². The molecule has 1 N–H and O–H groups in total. The van der Waals surface area contributed by atoms with Crippen molar-refractivity contribution in [1.82, 2.24) is 0 Å². The zero-order valence-corrected chi connectivity index (χ0v) is 11.6. The van der Waals surface area contributed by atoms with Crippen molar-refractivity contribution in [2.75, 3.05) is 0 Å². The van der Waals surface area contributed by atoms with Gasteiger partial charge in [-0.2, -0.15) is 18.4 Å². The molecule has 0 aliphatic heterocycles. The van der Waals surface area contributed by atoms with E-state index in [4.69, 9.17) is 10.00 Å². The van der Waals surface area contributed by atoms with E-state index in [1.165, 1.54) is 25.1 Å². The minimum absolute atomic E-state index is 0.0549. The minimum atomic E-state index is -4.48. The van der Waals surface area contributed by atoms with Crippen molar-refractivity contribution >= 4 is 0 Å². The standard InChI is InChI=1S/C16H12F3NO2/c1-10(21)14-7-2-4-11(9-20)15(14)22-13-6-3-5-12(8-13)16(17,18)19/h2-8,10,21H,1H3. The Morgan fingerprint density at radius 3 is 2.45 bits per heavy atom. The second kappa shape index (κ2) is 6.08. The molecule has 0 amide bonds. The Labute approximate surface area is 125 Å². The summed E-state index contributed by atoms with van der Waals surface area (Å²) in [6, 6.07) is 10.8. The lowest BCUT2D eigenvalue weighted by atomic mass is 10.1. The first kappa shape index (κ1) is 15.9. The molecule has 0 radical (unpaired) electrons. The monoisotopic (exact) mass is 307 g/mol. The number of alkyl halides is 3. The molecular weight excluding hydrogens is 295 g/mol. The van der Waals surface area contributed by atoms with E-state index in [2.05, 4.69) is 0 Å². The SMILES string of the molecule is CC(O)c1cccc(C#N)c1Oc1cccc(C(F)(F)F)c1. The van der Waals surface area contributed by atoms with E-state index in [0.29, 0.717) is 5.56 Å². The molecule has 3 nitrogen and oxygen atoms in total. The van der Waals surface area contributed by atoms with Crippen molar-refractivity contribution < 1.29 is 23.0 Å². The van der Waals surface area contributed by atoms with Crippen LogP contribution in [0.3, 0.4) is 0 Å². The fourth-order valence-corrected chi connectivity index (χ4v) is 1.94. The molecule has 0 fully saturated rings. The number of benzene rings is 2. The van der Waals surface area contributed by atoms with E-state index in [9.17, 15) is 18.3 Å². The molecule has 0 saturated heterocycles. The van der Waals surface area contributed by atoms with Gasteiger partial charge >= 0.3 is 6.18 Å². The third-order valence-electron chi connectivity index (χ3n) is 3.00. The van der Waals surface area contributed by atoms with Crippen LogP contribution in [-0.4, -0.2) is 5.11 Å². The number of nitriles is 1. The number of aliphatic hydroxyl groups excluding tert-OH is 1. The number of ether oxygens (including phenoxy) is 1. The van der Waals surface area contributed by atoms with Gasteiger partial charge in [0, 0.05) is 5.56 Å². The Bertz CT molecular complexity index is 718. The average Bonchev–Trinajstić information content (AvgIpc) is 2.46. The van der Waals surface area contributed by atoms with Crippen LogP contribution in [0.2, 0.25) is 0 Å². The van der Waals surface area contributed by atoms with Crippen molar-refractivity contribution in [2.45, 2.75) is 19.2 Å². The number of hydrogen-bond acceptors (Lipinski definition) is 3. The highest BCUT2D eigenvalue weighted by Crippen LogP contribution is 2.36. The molecule has 2 aromatic carbocycles. The fraction of sp³-hybridized carbons (Fsp3) is 0.188. The summed E-state index contributed by atoms with van der Waals surface area (Å²) in [6.45, 7) is 1.48. The predicted octanol–water partition coefficient (Wildman–Crippen LogP) is 4.42. The van der Waals surface area contributed by atoms with Crippen molar-refractivity contribution in [3.63, 3.8) is 0 Å². The number of para-hydroxylation sites is 1. The van der Waals surface area contributed by atoms with Crippen LogP contribution < -0.4 is 4.74 Å². The number of nitrogens with zero attached hydrogens (tertiary/aromatic N) is 1. The summed E-state index contributed by atoms with van der Waals surface area (Å²) < 4.78 is 43.6.